The molecule has 0 bridgehead atoms. The topological polar surface area (TPSA) is 0 Å². The van der Waals surface area contributed by atoms with E-state index in [1.54, 1.807) is 6.92 Å². The predicted molar refractivity (Wildman–Crippen MR) is 205 cm³/mol. The third-order valence-corrected chi connectivity index (χ3v) is 7.48. The van der Waals surface area contributed by atoms with Crippen LogP contribution in [0.25, 0.3) is 16.7 Å². The molecule has 0 saturated carbocycles. The Morgan fingerprint density at radius 2 is 1.30 bits per heavy atom. The summed E-state index contributed by atoms with van der Waals surface area (Å²) >= 11 is 1.30. The molecule has 3 heteroatoms. The van der Waals surface area contributed by atoms with Crippen LogP contribution < -0.4 is 0 Å². The van der Waals surface area contributed by atoms with Crippen LogP contribution in [0.4, 0.5) is 0 Å². The number of hydrogen-bond donors (Lipinski definition) is 0. The fraction of sp³-hybridized carbons (Fsp3) is 0.302. The largest absolute Gasteiger partial charge is 0.184 e. The zero-order valence-corrected chi connectivity index (χ0v) is 33.3. The van der Waals surface area contributed by atoms with Gasteiger partial charge in [-0.05, 0) is 17.4 Å². The molecule has 46 heavy (non-hydrogen) atoms. The first-order valence-corrected chi connectivity index (χ1v) is 17.2. The molecule has 0 spiro atoms. The van der Waals surface area contributed by atoms with Gasteiger partial charge in [0.05, 0.1) is 0 Å². The molecule has 2 aliphatic rings. The second-order valence-corrected chi connectivity index (χ2v) is 12.9. The summed E-state index contributed by atoms with van der Waals surface area (Å²) in [6, 6.07) is 38.1. The first-order valence-electron chi connectivity index (χ1n) is 15.5. The summed E-state index contributed by atoms with van der Waals surface area (Å²) < 4.78 is 3.34. The standard InChI is InChI=1S/C21H25.C13H13.C6H5.C2H5.CH2.2ClH.Zr/c1-20(2,3)16-9-7-14-11-15-8-10-17(21(4,5)6)13-19(15)18(14)12-16;1-10-8-11(2)13(9-10)12-6-4-3-5-7-12;1-2-4-6-5-3-1;1-2;;;;/h7,9-10,12-13H,11H2,1-6H3;3-7,9-10H,1-2H3;1-5H;1H2,2H3;1H2;2*1H;/q4*-1;;;;. The van der Waals surface area contributed by atoms with Crippen LogP contribution in [0.3, 0.4) is 0 Å². The van der Waals surface area contributed by atoms with Crippen LogP contribution in [0.15, 0.2) is 103 Å². The van der Waals surface area contributed by atoms with E-state index < -0.39 is 0 Å². The summed E-state index contributed by atoms with van der Waals surface area (Å²) in [6.07, 6.45) is 6.69. The smallest absolute Gasteiger partial charge is 0.171 e. The van der Waals surface area contributed by atoms with E-state index in [-0.39, 0.29) is 35.6 Å². The Bertz CT molecular complexity index is 1420. The summed E-state index contributed by atoms with van der Waals surface area (Å²) in [5.74, 6) is 0.468. The van der Waals surface area contributed by atoms with E-state index in [9.17, 15) is 0 Å². The van der Waals surface area contributed by atoms with Crippen LogP contribution in [0.2, 0.25) is 0 Å². The van der Waals surface area contributed by atoms with E-state index in [2.05, 4.69) is 145 Å². The number of rotatable bonds is 1. The van der Waals surface area contributed by atoms with Crippen LogP contribution in [0, 0.1) is 31.1 Å². The Morgan fingerprint density at radius 1 is 0.761 bits per heavy atom. The number of allylic oxidation sites excluding steroid dienone is 4. The SMILES string of the molecule is CC(C)(C)c1c[c-]c2c(c1)-c1cc(C(C)(C)C)ccc1C2.CC1=[C-]C(C)C=C1c1ccccc1.Cl.Cl.[CH2-]C.[CH2]=[Zr].[c-]1ccccc1. The Labute approximate surface area is 309 Å². The van der Waals surface area contributed by atoms with Crippen molar-refractivity contribution in [3.63, 3.8) is 0 Å². The molecule has 0 radical (unpaired) electrons. The minimum Gasteiger partial charge on any atom is -0.184 e. The van der Waals surface area contributed by atoms with Crippen molar-refractivity contribution in [1.82, 2.24) is 0 Å². The number of hydrogen-bond acceptors (Lipinski definition) is 0. The summed E-state index contributed by atoms with van der Waals surface area (Å²) in [7, 11) is 0. The van der Waals surface area contributed by atoms with E-state index in [1.165, 1.54) is 74.3 Å². The van der Waals surface area contributed by atoms with Crippen molar-refractivity contribution in [3.8, 4) is 11.1 Å². The maximum atomic E-state index is 3.53. The molecule has 4 aromatic carbocycles. The molecule has 246 valence electrons. The maximum absolute atomic E-state index is 3.53. The zero-order chi connectivity index (χ0) is 32.9. The molecule has 6 rings (SSSR count). The molecule has 1 unspecified atom stereocenters. The van der Waals surface area contributed by atoms with Crippen LogP contribution in [-0.2, 0) is 41.5 Å². The van der Waals surface area contributed by atoms with E-state index >= 15 is 0 Å². The summed E-state index contributed by atoms with van der Waals surface area (Å²) in [5, 5.41) is 0. The van der Waals surface area contributed by atoms with Gasteiger partial charge in [0.25, 0.3) is 0 Å². The van der Waals surface area contributed by atoms with Crippen molar-refractivity contribution in [3.05, 3.63) is 156 Å². The minimum atomic E-state index is 0. The zero-order valence-electron chi connectivity index (χ0n) is 29.3. The van der Waals surface area contributed by atoms with Crippen LogP contribution in [0.1, 0.15) is 90.1 Å². The fourth-order valence-corrected chi connectivity index (χ4v) is 5.09. The van der Waals surface area contributed by atoms with Crippen LogP contribution >= 0.6 is 24.8 Å². The van der Waals surface area contributed by atoms with Crippen molar-refractivity contribution in [2.45, 2.75) is 79.6 Å². The molecule has 0 aromatic heterocycles. The van der Waals surface area contributed by atoms with Gasteiger partial charge in [0.1, 0.15) is 0 Å². The van der Waals surface area contributed by atoms with Gasteiger partial charge in [0.15, 0.2) is 0 Å². The average molecular weight is 731 g/mol. The summed E-state index contributed by atoms with van der Waals surface area (Å²) in [5.41, 5.74) is 12.7. The third kappa shape index (κ3) is 12.7. The van der Waals surface area contributed by atoms with Gasteiger partial charge in [-0.2, -0.15) is 84.3 Å². The van der Waals surface area contributed by atoms with E-state index in [4.69, 9.17) is 0 Å². The second kappa shape index (κ2) is 20.8. The molecule has 0 amide bonds. The first-order chi connectivity index (χ1) is 20.9. The maximum Gasteiger partial charge on any atom is -0.171 e. The molecular formula is C43H52Cl2Zr-4. The Kier molecular flexibility index (Phi) is 19.8. The van der Waals surface area contributed by atoms with Crippen molar-refractivity contribution >= 4 is 34.6 Å². The van der Waals surface area contributed by atoms with Gasteiger partial charge in [-0.1, -0.05) is 126 Å². The van der Waals surface area contributed by atoms with Crippen LogP contribution in [-0.4, -0.2) is 4.21 Å². The fourth-order valence-electron chi connectivity index (χ4n) is 5.09. The quantitative estimate of drug-likeness (QED) is 0.151. The molecule has 0 saturated heterocycles. The molecule has 0 nitrogen and oxygen atoms in total. The molecule has 0 N–H and O–H groups in total. The van der Waals surface area contributed by atoms with E-state index in [0.717, 1.165) is 6.42 Å². The van der Waals surface area contributed by atoms with Gasteiger partial charge in [-0.3, -0.25) is 6.08 Å². The minimum absolute atomic E-state index is 0. The van der Waals surface area contributed by atoms with Gasteiger partial charge >= 0.3 is 28.4 Å². The molecule has 2 aliphatic carbocycles. The van der Waals surface area contributed by atoms with Crippen molar-refractivity contribution in [1.29, 1.82) is 0 Å². The molecule has 4 aromatic rings. The van der Waals surface area contributed by atoms with Crippen molar-refractivity contribution in [2.24, 2.45) is 5.92 Å². The summed E-state index contributed by atoms with van der Waals surface area (Å²) in [4.78, 5) is 0. The van der Waals surface area contributed by atoms with Gasteiger partial charge < -0.3 is 6.92 Å². The Hall–Kier alpha value is -2.31. The molecule has 0 aliphatic heterocycles. The summed E-state index contributed by atoms with van der Waals surface area (Å²) in [6.45, 7) is 22.9. The van der Waals surface area contributed by atoms with Crippen molar-refractivity contribution in [2.75, 3.05) is 0 Å². The van der Waals surface area contributed by atoms with Gasteiger partial charge in [0, 0.05) is 0 Å². The molecule has 1 atom stereocenters. The van der Waals surface area contributed by atoms with Crippen LogP contribution in [0.5, 0.6) is 0 Å². The van der Waals surface area contributed by atoms with Crippen molar-refractivity contribution < 1.29 is 24.2 Å². The number of fused-ring (bicyclic) bond motifs is 3. The van der Waals surface area contributed by atoms with Gasteiger partial charge in [-0.25, -0.2) is 5.57 Å². The van der Waals surface area contributed by atoms with Gasteiger partial charge in [-0.15, -0.1) is 35.9 Å². The van der Waals surface area contributed by atoms with Gasteiger partial charge in [0.2, 0.25) is 0 Å². The molecule has 0 heterocycles. The predicted octanol–water partition coefficient (Wildman–Crippen LogP) is 12.3. The number of benzene rings is 4. The Balaban J connectivity index is 0.000000693. The number of halogens is 2. The molecular weight excluding hydrogens is 679 g/mol. The second-order valence-electron chi connectivity index (χ2n) is 12.9. The van der Waals surface area contributed by atoms with E-state index in [1.807, 2.05) is 36.4 Å². The average Bonchev–Trinajstić information content (AvgIpc) is 3.58. The van der Waals surface area contributed by atoms with E-state index in [0.29, 0.717) is 5.92 Å². The monoisotopic (exact) mass is 728 g/mol. The normalized spacial score (nSPS) is 13.6. The Morgan fingerprint density at radius 3 is 1.76 bits per heavy atom. The first kappa shape index (κ1) is 43.7. The third-order valence-electron chi connectivity index (χ3n) is 7.48. The molecule has 0 fully saturated rings.